The van der Waals surface area contributed by atoms with Crippen LogP contribution in [0, 0.1) is 12.8 Å². The number of halogens is 2. The Hall–Kier alpha value is -1.98. The molecule has 3 aliphatic rings. The van der Waals surface area contributed by atoms with Crippen molar-refractivity contribution in [2.45, 2.75) is 70.3 Å². The van der Waals surface area contributed by atoms with Gasteiger partial charge in [-0.3, -0.25) is 9.59 Å². The molecule has 0 aromatic carbocycles. The van der Waals surface area contributed by atoms with Gasteiger partial charge in [-0.1, -0.05) is 0 Å². The number of hydrogen-bond acceptors (Lipinski definition) is 7. The van der Waals surface area contributed by atoms with Crippen LogP contribution >= 0.6 is 22.7 Å². The van der Waals surface area contributed by atoms with Gasteiger partial charge in [0.25, 0.3) is 11.8 Å². The standard InChI is InChI=1S/C25H33F2N5O2S2/c1-16-28-13-19(35-16)12-22(33)29-18-4-2-17(3-5-18)6-9-31-10-7-20-21(8-11-31)36-23(30-20)24(34)32-14-25(26,27)15-32/h13,17-18H,2-12,14-15H2,1H3,(H,29,33)/t17-,18-. The van der Waals surface area contributed by atoms with E-state index in [1.54, 1.807) is 17.5 Å². The lowest BCUT2D eigenvalue weighted by Crippen LogP contribution is -2.58. The molecular weight excluding hydrogens is 504 g/mol. The lowest BCUT2D eigenvalue weighted by molar-refractivity contribution is -0.121. The Balaban J connectivity index is 1.01. The number of likely N-dealkylation sites (tertiary alicyclic amines) is 1. The second-order valence-electron chi connectivity index (χ2n) is 10.3. The summed E-state index contributed by atoms with van der Waals surface area (Å²) in [6.45, 7) is 3.86. The van der Waals surface area contributed by atoms with Crippen LogP contribution in [0.2, 0.25) is 0 Å². The molecule has 5 rings (SSSR count). The topological polar surface area (TPSA) is 78.4 Å². The Labute approximate surface area is 218 Å². The summed E-state index contributed by atoms with van der Waals surface area (Å²) in [6.07, 6.45) is 9.41. The third kappa shape index (κ3) is 6.28. The van der Waals surface area contributed by atoms with Crippen molar-refractivity contribution in [3.8, 4) is 0 Å². The van der Waals surface area contributed by atoms with Crippen molar-refractivity contribution in [2.75, 3.05) is 32.7 Å². The molecule has 4 heterocycles. The number of fused-ring (bicyclic) bond motifs is 1. The highest BCUT2D eigenvalue weighted by Gasteiger charge is 2.47. The van der Waals surface area contributed by atoms with E-state index in [4.69, 9.17) is 0 Å². The van der Waals surface area contributed by atoms with Gasteiger partial charge < -0.3 is 15.1 Å². The minimum Gasteiger partial charge on any atom is -0.353 e. The van der Waals surface area contributed by atoms with Gasteiger partial charge in [0.2, 0.25) is 5.91 Å². The van der Waals surface area contributed by atoms with Crippen LogP contribution in [-0.2, 0) is 24.1 Å². The quantitative estimate of drug-likeness (QED) is 0.583. The van der Waals surface area contributed by atoms with Crippen LogP contribution in [0.4, 0.5) is 8.78 Å². The van der Waals surface area contributed by atoms with E-state index in [1.807, 2.05) is 6.92 Å². The second-order valence-corrected chi connectivity index (χ2v) is 12.7. The van der Waals surface area contributed by atoms with Crippen molar-refractivity contribution >= 4 is 34.5 Å². The van der Waals surface area contributed by atoms with E-state index in [0.717, 1.165) is 85.0 Å². The van der Waals surface area contributed by atoms with E-state index < -0.39 is 19.0 Å². The van der Waals surface area contributed by atoms with Crippen LogP contribution in [0.1, 0.15) is 62.4 Å². The molecule has 1 saturated heterocycles. The first-order valence-electron chi connectivity index (χ1n) is 12.8. The van der Waals surface area contributed by atoms with Crippen molar-refractivity contribution in [3.05, 3.63) is 31.7 Å². The largest absolute Gasteiger partial charge is 0.353 e. The molecule has 2 aromatic rings. The summed E-state index contributed by atoms with van der Waals surface area (Å²) in [4.78, 5) is 39.3. The molecule has 0 spiro atoms. The van der Waals surface area contributed by atoms with Gasteiger partial charge in [-0.25, -0.2) is 18.7 Å². The number of nitrogens with one attached hydrogen (secondary N) is 1. The minimum absolute atomic E-state index is 0.0976. The number of amides is 2. The van der Waals surface area contributed by atoms with Crippen LogP contribution in [0.3, 0.4) is 0 Å². The fraction of sp³-hybridized carbons (Fsp3) is 0.680. The summed E-state index contributed by atoms with van der Waals surface area (Å²) >= 11 is 2.96. The highest BCUT2D eigenvalue weighted by Crippen LogP contribution is 2.31. The van der Waals surface area contributed by atoms with Crippen molar-refractivity contribution in [1.82, 2.24) is 25.1 Å². The molecule has 1 aliphatic carbocycles. The minimum atomic E-state index is -2.75. The van der Waals surface area contributed by atoms with E-state index in [1.165, 1.54) is 16.2 Å². The summed E-state index contributed by atoms with van der Waals surface area (Å²) in [6, 6.07) is 0.280. The molecule has 2 aromatic heterocycles. The summed E-state index contributed by atoms with van der Waals surface area (Å²) in [5.41, 5.74) is 0.961. The zero-order valence-corrected chi connectivity index (χ0v) is 22.2. The van der Waals surface area contributed by atoms with Gasteiger partial charge in [-0.05, 0) is 57.9 Å². The first kappa shape index (κ1) is 25.7. The van der Waals surface area contributed by atoms with Crippen LogP contribution in [-0.4, -0.2) is 76.3 Å². The van der Waals surface area contributed by atoms with Gasteiger partial charge in [0, 0.05) is 41.5 Å². The summed E-state index contributed by atoms with van der Waals surface area (Å²) in [5, 5.41) is 4.56. The molecule has 0 bridgehead atoms. The highest BCUT2D eigenvalue weighted by molar-refractivity contribution is 7.13. The SMILES string of the molecule is Cc1ncc(CC(=O)N[C@H]2CC[C@H](CCN3CCc4nc(C(=O)N5CC(F)(F)C5)sc4CC3)CC2)s1. The van der Waals surface area contributed by atoms with Crippen molar-refractivity contribution in [3.63, 3.8) is 0 Å². The Morgan fingerprint density at radius 3 is 2.58 bits per heavy atom. The third-order valence-corrected chi connectivity index (χ3v) is 9.54. The molecule has 0 unspecified atom stereocenters. The zero-order valence-electron chi connectivity index (χ0n) is 20.6. The number of rotatable bonds is 7. The lowest BCUT2D eigenvalue weighted by Gasteiger charge is -2.38. The average Bonchev–Trinajstić information content (AvgIpc) is 3.37. The number of hydrogen-bond donors (Lipinski definition) is 1. The number of carbonyl (C=O) groups is 2. The summed E-state index contributed by atoms with van der Waals surface area (Å²) in [7, 11) is 0. The second kappa shape index (κ2) is 10.8. The predicted molar refractivity (Wildman–Crippen MR) is 136 cm³/mol. The molecular formula is C25H33F2N5O2S2. The first-order chi connectivity index (χ1) is 17.2. The monoisotopic (exact) mass is 537 g/mol. The number of carbonyl (C=O) groups excluding carboxylic acids is 2. The number of aromatic nitrogens is 2. The van der Waals surface area contributed by atoms with Crippen LogP contribution in [0.25, 0.3) is 0 Å². The van der Waals surface area contributed by atoms with E-state index >= 15 is 0 Å². The molecule has 0 radical (unpaired) electrons. The summed E-state index contributed by atoms with van der Waals surface area (Å²) < 4.78 is 26.2. The maximum Gasteiger partial charge on any atom is 0.283 e. The van der Waals surface area contributed by atoms with E-state index in [-0.39, 0.29) is 17.9 Å². The Bertz CT molecular complexity index is 1060. The van der Waals surface area contributed by atoms with Crippen LogP contribution < -0.4 is 5.32 Å². The number of aryl methyl sites for hydroxylation is 1. The average molecular weight is 538 g/mol. The number of thiazole rings is 2. The van der Waals surface area contributed by atoms with E-state index in [9.17, 15) is 18.4 Å². The Morgan fingerprint density at radius 1 is 1.14 bits per heavy atom. The predicted octanol–water partition coefficient (Wildman–Crippen LogP) is 3.71. The molecule has 0 atom stereocenters. The maximum atomic E-state index is 13.1. The van der Waals surface area contributed by atoms with Gasteiger partial charge in [-0.2, -0.15) is 0 Å². The van der Waals surface area contributed by atoms with Crippen LogP contribution in [0.15, 0.2) is 6.20 Å². The summed E-state index contributed by atoms with van der Waals surface area (Å²) in [5.74, 6) is -2.32. The molecule has 2 amide bonds. The molecule has 2 fully saturated rings. The first-order valence-corrected chi connectivity index (χ1v) is 14.5. The molecule has 1 saturated carbocycles. The Morgan fingerprint density at radius 2 is 1.89 bits per heavy atom. The molecule has 11 heteroatoms. The molecule has 7 nitrogen and oxygen atoms in total. The van der Waals surface area contributed by atoms with Crippen LogP contribution in [0.5, 0.6) is 0 Å². The number of nitrogens with zero attached hydrogens (tertiary/aromatic N) is 4. The lowest BCUT2D eigenvalue weighted by atomic mass is 9.84. The fourth-order valence-electron chi connectivity index (χ4n) is 5.40. The zero-order chi connectivity index (χ0) is 25.3. The van der Waals surface area contributed by atoms with Gasteiger partial charge >= 0.3 is 0 Å². The van der Waals surface area contributed by atoms with Crippen molar-refractivity contribution in [2.24, 2.45) is 5.92 Å². The van der Waals surface area contributed by atoms with Gasteiger partial charge in [0.1, 0.15) is 0 Å². The Kier molecular flexibility index (Phi) is 7.69. The third-order valence-electron chi connectivity index (χ3n) is 7.48. The maximum absolute atomic E-state index is 13.1. The van der Waals surface area contributed by atoms with Gasteiger partial charge in [0.15, 0.2) is 5.01 Å². The molecule has 1 N–H and O–H groups in total. The normalized spacial score (nSPS) is 24.0. The van der Waals surface area contributed by atoms with Gasteiger partial charge in [-0.15, -0.1) is 22.7 Å². The molecule has 196 valence electrons. The molecule has 2 aliphatic heterocycles. The van der Waals surface area contributed by atoms with Crippen molar-refractivity contribution in [1.29, 1.82) is 0 Å². The number of alkyl halides is 2. The fourth-order valence-corrected chi connectivity index (χ4v) is 7.26. The van der Waals surface area contributed by atoms with E-state index in [0.29, 0.717) is 17.3 Å². The van der Waals surface area contributed by atoms with E-state index in [2.05, 4.69) is 20.2 Å². The van der Waals surface area contributed by atoms with Crippen molar-refractivity contribution < 1.29 is 18.4 Å². The smallest absolute Gasteiger partial charge is 0.283 e. The molecule has 36 heavy (non-hydrogen) atoms. The highest BCUT2D eigenvalue weighted by atomic mass is 32.1. The van der Waals surface area contributed by atoms with Gasteiger partial charge in [0.05, 0.1) is 30.2 Å².